The van der Waals surface area contributed by atoms with Gasteiger partial charge in [-0.15, -0.1) is 0 Å². The van der Waals surface area contributed by atoms with Gasteiger partial charge in [0.15, 0.2) is 0 Å². The van der Waals surface area contributed by atoms with Gasteiger partial charge < -0.3 is 14.6 Å². The molecule has 0 aliphatic rings. The van der Waals surface area contributed by atoms with Gasteiger partial charge in [0.2, 0.25) is 0 Å². The normalized spacial score (nSPS) is 12.7. The van der Waals surface area contributed by atoms with E-state index in [9.17, 15) is 14.3 Å². The number of hydrogen-bond acceptors (Lipinski definition) is 4. The second-order valence-corrected chi connectivity index (χ2v) is 5.65. The Morgan fingerprint density at radius 2 is 2.09 bits per heavy atom. The molecule has 0 aromatic heterocycles. The Kier molecular flexibility index (Phi) is 7.81. The molecule has 23 heavy (non-hydrogen) atoms. The van der Waals surface area contributed by atoms with Gasteiger partial charge in [0, 0.05) is 18.1 Å². The summed E-state index contributed by atoms with van der Waals surface area (Å²) in [6, 6.07) is 4.25. The van der Waals surface area contributed by atoms with E-state index in [1.54, 1.807) is 26.0 Å². The van der Waals surface area contributed by atoms with Crippen LogP contribution < -0.4 is 4.74 Å². The molecule has 1 aromatic rings. The number of aliphatic hydroxyl groups is 1. The van der Waals surface area contributed by atoms with E-state index >= 15 is 0 Å². The Balaban J connectivity index is 3.00. The lowest BCUT2D eigenvalue weighted by Gasteiger charge is -2.10. The number of halogens is 2. The first-order valence-electron chi connectivity index (χ1n) is 7.25. The quantitative estimate of drug-likeness (QED) is 0.412. The van der Waals surface area contributed by atoms with Crippen molar-refractivity contribution in [1.29, 1.82) is 0 Å². The van der Waals surface area contributed by atoms with Crippen LogP contribution in [0.15, 0.2) is 40.5 Å². The highest BCUT2D eigenvalue weighted by Crippen LogP contribution is 2.25. The van der Waals surface area contributed by atoms with Crippen molar-refractivity contribution < 1.29 is 23.8 Å². The summed E-state index contributed by atoms with van der Waals surface area (Å²) in [6.07, 6.45) is 1.40. The van der Waals surface area contributed by atoms with Crippen LogP contribution >= 0.6 is 15.9 Å². The summed E-state index contributed by atoms with van der Waals surface area (Å²) in [5, 5.41) is 9.52. The molecule has 0 fully saturated rings. The average Bonchev–Trinajstić information content (AvgIpc) is 2.49. The number of carbonyl (C=O) groups excluding carboxylic acids is 1. The fourth-order valence-electron chi connectivity index (χ4n) is 1.76. The van der Waals surface area contributed by atoms with E-state index in [0.29, 0.717) is 12.0 Å². The van der Waals surface area contributed by atoms with Gasteiger partial charge in [-0.2, -0.15) is 4.39 Å². The van der Waals surface area contributed by atoms with E-state index < -0.39 is 12.0 Å². The molecule has 4 nitrogen and oxygen atoms in total. The van der Waals surface area contributed by atoms with Gasteiger partial charge in [0.05, 0.1) is 17.5 Å². The third kappa shape index (κ3) is 6.44. The summed E-state index contributed by atoms with van der Waals surface area (Å²) < 4.78 is 24.3. The van der Waals surface area contributed by atoms with Gasteiger partial charge in [-0.25, -0.2) is 0 Å². The Labute approximate surface area is 143 Å². The van der Waals surface area contributed by atoms with Crippen LogP contribution in [-0.4, -0.2) is 17.7 Å². The highest BCUT2D eigenvalue weighted by atomic mass is 79.9. The zero-order chi connectivity index (χ0) is 17.4. The molecule has 126 valence electrons. The maximum absolute atomic E-state index is 14.0. The van der Waals surface area contributed by atoms with Crippen LogP contribution in [0.2, 0.25) is 0 Å². The number of ether oxygens (including phenoxy) is 2. The second kappa shape index (κ2) is 9.35. The number of benzene rings is 1. The summed E-state index contributed by atoms with van der Waals surface area (Å²) in [5.74, 6) is -0.155. The van der Waals surface area contributed by atoms with Crippen molar-refractivity contribution in [3.05, 3.63) is 51.7 Å². The van der Waals surface area contributed by atoms with Crippen LogP contribution in [0.25, 0.3) is 0 Å². The van der Waals surface area contributed by atoms with Gasteiger partial charge in [-0.1, -0.05) is 19.1 Å². The molecule has 0 unspecified atom stereocenters. The van der Waals surface area contributed by atoms with E-state index in [4.69, 9.17) is 9.47 Å². The number of aryl methyl sites for hydroxylation is 1. The molecule has 0 atom stereocenters. The van der Waals surface area contributed by atoms with Gasteiger partial charge in [-0.05, 0) is 41.4 Å². The molecule has 1 rings (SSSR count). The van der Waals surface area contributed by atoms with Crippen molar-refractivity contribution in [2.24, 2.45) is 0 Å². The fraction of sp³-hybridized carbons (Fsp3) is 0.353. The summed E-state index contributed by atoms with van der Waals surface area (Å²) in [5.41, 5.74) is 1.39. The molecule has 0 heterocycles. The van der Waals surface area contributed by atoms with E-state index in [-0.39, 0.29) is 29.0 Å². The zero-order valence-corrected chi connectivity index (χ0v) is 14.9. The minimum absolute atomic E-state index is 0.00600. The predicted octanol–water partition coefficient (Wildman–Crippen LogP) is 4.86. The third-order valence-corrected chi connectivity index (χ3v) is 3.61. The largest absolute Gasteiger partial charge is 0.511 e. The zero-order valence-electron chi connectivity index (χ0n) is 13.4. The van der Waals surface area contributed by atoms with Crippen molar-refractivity contribution in [1.82, 2.24) is 0 Å². The first-order chi connectivity index (χ1) is 10.9. The van der Waals surface area contributed by atoms with Crippen LogP contribution in [-0.2, 0) is 16.0 Å². The first-order valence-corrected chi connectivity index (χ1v) is 8.04. The van der Waals surface area contributed by atoms with Crippen LogP contribution in [0.4, 0.5) is 4.39 Å². The molecule has 0 bridgehead atoms. The average molecular weight is 387 g/mol. The molecule has 0 aliphatic carbocycles. The number of aliphatic hydroxyl groups excluding tert-OH is 1. The Bertz CT molecular complexity index is 623. The van der Waals surface area contributed by atoms with Crippen LogP contribution in [0.1, 0.15) is 31.4 Å². The van der Waals surface area contributed by atoms with E-state index in [0.717, 1.165) is 11.6 Å². The third-order valence-electron chi connectivity index (χ3n) is 2.92. The monoisotopic (exact) mass is 386 g/mol. The number of allylic oxidation sites excluding steroid dienone is 3. The van der Waals surface area contributed by atoms with E-state index in [1.807, 2.05) is 13.0 Å². The lowest BCUT2D eigenvalue weighted by atomic mass is 10.1. The van der Waals surface area contributed by atoms with Crippen molar-refractivity contribution in [2.45, 2.75) is 33.6 Å². The molecule has 0 aliphatic heterocycles. The minimum atomic E-state index is -0.896. The molecule has 0 saturated heterocycles. The van der Waals surface area contributed by atoms with Gasteiger partial charge in [0.1, 0.15) is 11.5 Å². The number of rotatable bonds is 7. The first kappa shape index (κ1) is 19.2. The van der Waals surface area contributed by atoms with Gasteiger partial charge in [0.25, 0.3) is 6.01 Å². The molecular formula is C17H20BrFO4. The summed E-state index contributed by atoms with van der Waals surface area (Å²) in [6.45, 7) is 5.57. The van der Waals surface area contributed by atoms with Crippen LogP contribution in [0.5, 0.6) is 5.75 Å². The topological polar surface area (TPSA) is 55.8 Å². The highest BCUT2D eigenvalue weighted by molar-refractivity contribution is 9.11. The van der Waals surface area contributed by atoms with Crippen molar-refractivity contribution in [2.75, 3.05) is 6.61 Å². The molecule has 0 saturated carbocycles. The highest BCUT2D eigenvalue weighted by Gasteiger charge is 2.12. The number of carbonyl (C=O) groups is 1. The minimum Gasteiger partial charge on any atom is -0.511 e. The van der Waals surface area contributed by atoms with Crippen molar-refractivity contribution in [3.63, 3.8) is 0 Å². The molecule has 6 heteroatoms. The molecular weight excluding hydrogens is 367 g/mol. The molecule has 1 N–H and O–H groups in total. The molecule has 0 radical (unpaired) electrons. The van der Waals surface area contributed by atoms with Crippen LogP contribution in [0, 0.1) is 6.92 Å². The van der Waals surface area contributed by atoms with Gasteiger partial charge >= 0.3 is 5.97 Å². The van der Waals surface area contributed by atoms with Crippen LogP contribution in [0.3, 0.4) is 0 Å². The Morgan fingerprint density at radius 1 is 1.39 bits per heavy atom. The standard InChI is InChI=1S/C17H20BrFO4/c1-4-14(20)13(18)10-16(19)23-15-8-11(3)6-7-12(15)9-17(21)22-5-2/h6-8,10,20H,4-5,9H2,1-3H3/b14-13-,16-10+. The van der Waals surface area contributed by atoms with E-state index in [2.05, 4.69) is 15.9 Å². The lowest BCUT2D eigenvalue weighted by molar-refractivity contribution is -0.142. The SMILES string of the molecule is CCOC(=O)Cc1ccc(C)cc1O/C(F)=C/C(Br)=C(/O)CC. The molecule has 0 spiro atoms. The second-order valence-electron chi connectivity index (χ2n) is 4.79. The predicted molar refractivity (Wildman–Crippen MR) is 90.2 cm³/mol. The summed E-state index contributed by atoms with van der Waals surface area (Å²) in [7, 11) is 0. The van der Waals surface area contributed by atoms with Crippen molar-refractivity contribution >= 4 is 21.9 Å². The Morgan fingerprint density at radius 3 is 2.70 bits per heavy atom. The lowest BCUT2D eigenvalue weighted by Crippen LogP contribution is -2.09. The van der Waals surface area contributed by atoms with E-state index in [1.165, 1.54) is 0 Å². The maximum Gasteiger partial charge on any atom is 0.310 e. The number of hydrogen-bond donors (Lipinski definition) is 1. The summed E-state index contributed by atoms with van der Waals surface area (Å²) in [4.78, 5) is 11.6. The number of esters is 1. The van der Waals surface area contributed by atoms with Crippen molar-refractivity contribution in [3.8, 4) is 5.75 Å². The Hall–Kier alpha value is -1.82. The maximum atomic E-state index is 14.0. The smallest absolute Gasteiger partial charge is 0.310 e. The van der Waals surface area contributed by atoms with Gasteiger partial charge in [-0.3, -0.25) is 4.79 Å². The molecule has 0 amide bonds. The summed E-state index contributed by atoms with van der Waals surface area (Å²) >= 11 is 3.07. The fourth-order valence-corrected chi connectivity index (χ4v) is 2.22. The molecule has 1 aromatic carbocycles.